The highest BCUT2D eigenvalue weighted by Crippen LogP contribution is 2.34. The monoisotopic (exact) mass is 343 g/mol. The molecule has 0 saturated carbocycles. The number of benzene rings is 2. The molecule has 0 radical (unpaired) electrons. The molecule has 0 atom stereocenters. The van der Waals surface area contributed by atoms with Gasteiger partial charge in [-0.2, -0.15) is 5.10 Å². The van der Waals surface area contributed by atoms with Crippen LogP contribution in [0, 0.1) is 10.1 Å². The minimum Gasteiger partial charge on any atom is -0.493 e. The first-order valence-electron chi connectivity index (χ1n) is 7.31. The number of hydrazone groups is 1. The lowest BCUT2D eigenvalue weighted by molar-refractivity contribution is -0.385. The average Bonchev–Trinajstić information content (AvgIpc) is 2.62. The smallest absolute Gasteiger partial charge is 0.277 e. The van der Waals surface area contributed by atoms with Gasteiger partial charge >= 0.3 is 0 Å². The summed E-state index contributed by atoms with van der Waals surface area (Å²) in [7, 11) is 2.80. The largest absolute Gasteiger partial charge is 0.493 e. The van der Waals surface area contributed by atoms with Gasteiger partial charge in [-0.1, -0.05) is 30.3 Å². The first-order chi connectivity index (χ1) is 12.0. The van der Waals surface area contributed by atoms with Gasteiger partial charge in [0.2, 0.25) is 5.91 Å². The van der Waals surface area contributed by atoms with E-state index in [2.05, 4.69) is 10.5 Å². The van der Waals surface area contributed by atoms with E-state index in [0.29, 0.717) is 5.75 Å². The van der Waals surface area contributed by atoms with Crippen LogP contribution in [0.4, 0.5) is 5.69 Å². The van der Waals surface area contributed by atoms with Crippen molar-refractivity contribution in [2.24, 2.45) is 5.10 Å². The Bertz CT molecular complexity index is 790. The van der Waals surface area contributed by atoms with Crippen LogP contribution < -0.4 is 14.9 Å². The number of methoxy groups -OCH3 is 2. The Kier molecular flexibility index (Phi) is 6.05. The fraction of sp³-hybridized carbons (Fsp3) is 0.176. The van der Waals surface area contributed by atoms with Crippen molar-refractivity contribution in [2.45, 2.75) is 6.42 Å². The Hall–Kier alpha value is -3.42. The van der Waals surface area contributed by atoms with Crippen LogP contribution in [-0.4, -0.2) is 31.3 Å². The fourth-order valence-corrected chi connectivity index (χ4v) is 2.15. The highest BCUT2D eigenvalue weighted by molar-refractivity contribution is 5.84. The maximum absolute atomic E-state index is 12.0. The molecule has 0 aliphatic rings. The van der Waals surface area contributed by atoms with E-state index in [-0.39, 0.29) is 23.4 Å². The second kappa shape index (κ2) is 8.44. The second-order valence-electron chi connectivity index (χ2n) is 4.97. The third-order valence-corrected chi connectivity index (χ3v) is 3.33. The number of rotatable bonds is 7. The molecule has 8 nitrogen and oxygen atoms in total. The molecule has 2 aromatic carbocycles. The van der Waals surface area contributed by atoms with Gasteiger partial charge in [0.05, 0.1) is 37.8 Å². The van der Waals surface area contributed by atoms with Crippen molar-refractivity contribution >= 4 is 17.8 Å². The standard InChI is InChI=1S/C17H17N3O5/c1-24-15-8-13(14(20(22)23)10-16(15)25-2)9-17(21)19-18-11-12-6-4-3-5-7-12/h3-8,10-11H,9H2,1-2H3,(H,19,21)/b18-11-. The lowest BCUT2D eigenvalue weighted by Gasteiger charge is -2.10. The Morgan fingerprint density at radius 2 is 1.84 bits per heavy atom. The van der Waals surface area contributed by atoms with E-state index in [1.807, 2.05) is 30.3 Å². The lowest BCUT2D eigenvalue weighted by Crippen LogP contribution is -2.20. The molecule has 1 N–H and O–H groups in total. The molecule has 25 heavy (non-hydrogen) atoms. The van der Waals surface area contributed by atoms with E-state index in [9.17, 15) is 14.9 Å². The number of amides is 1. The number of nitrogens with zero attached hydrogens (tertiary/aromatic N) is 2. The van der Waals surface area contributed by atoms with Crippen molar-refractivity contribution in [3.05, 3.63) is 63.7 Å². The number of ether oxygens (including phenoxy) is 2. The predicted octanol–water partition coefficient (Wildman–Crippen LogP) is 2.30. The minimum atomic E-state index is -0.572. The summed E-state index contributed by atoms with van der Waals surface area (Å²) in [5, 5.41) is 15.1. The van der Waals surface area contributed by atoms with E-state index in [1.165, 1.54) is 32.6 Å². The molecule has 130 valence electrons. The Morgan fingerprint density at radius 1 is 1.20 bits per heavy atom. The van der Waals surface area contributed by atoms with Gasteiger partial charge in [0.1, 0.15) is 0 Å². The molecular weight excluding hydrogens is 326 g/mol. The van der Waals surface area contributed by atoms with Crippen molar-refractivity contribution in [1.29, 1.82) is 0 Å². The SMILES string of the molecule is COc1cc(CC(=O)N/N=C\c2ccccc2)c([N+](=O)[O-])cc1OC. The summed E-state index contributed by atoms with van der Waals surface area (Å²) in [5.41, 5.74) is 3.15. The van der Waals surface area contributed by atoms with Crippen molar-refractivity contribution < 1.29 is 19.2 Å². The van der Waals surface area contributed by atoms with Gasteiger partial charge < -0.3 is 9.47 Å². The molecular formula is C17H17N3O5. The zero-order chi connectivity index (χ0) is 18.2. The summed E-state index contributed by atoms with van der Waals surface area (Å²) in [6, 6.07) is 11.9. The van der Waals surface area contributed by atoms with E-state index < -0.39 is 10.8 Å². The minimum absolute atomic E-state index is 0.204. The molecule has 0 aliphatic carbocycles. The van der Waals surface area contributed by atoms with E-state index in [4.69, 9.17) is 9.47 Å². The normalized spacial score (nSPS) is 10.5. The van der Waals surface area contributed by atoms with Crippen molar-refractivity contribution in [3.63, 3.8) is 0 Å². The summed E-state index contributed by atoms with van der Waals surface area (Å²) in [4.78, 5) is 22.7. The van der Waals surface area contributed by atoms with E-state index >= 15 is 0 Å². The number of hydrogen-bond acceptors (Lipinski definition) is 6. The highest BCUT2D eigenvalue weighted by Gasteiger charge is 2.21. The lowest BCUT2D eigenvalue weighted by atomic mass is 10.1. The number of nitrogens with one attached hydrogen (secondary N) is 1. The first-order valence-corrected chi connectivity index (χ1v) is 7.31. The van der Waals surface area contributed by atoms with Crippen LogP contribution in [0.15, 0.2) is 47.6 Å². The molecule has 0 saturated heterocycles. The van der Waals surface area contributed by atoms with Crippen LogP contribution in [-0.2, 0) is 11.2 Å². The number of nitro benzene ring substituents is 1. The molecule has 0 heterocycles. The second-order valence-corrected chi connectivity index (χ2v) is 4.97. The summed E-state index contributed by atoms with van der Waals surface area (Å²) >= 11 is 0. The van der Waals surface area contributed by atoms with Gasteiger partial charge in [0.25, 0.3) is 5.69 Å². The van der Waals surface area contributed by atoms with Gasteiger partial charge in [-0.05, 0) is 11.6 Å². The molecule has 2 aromatic rings. The average molecular weight is 343 g/mol. The van der Waals surface area contributed by atoms with Crippen molar-refractivity contribution in [1.82, 2.24) is 5.43 Å². The van der Waals surface area contributed by atoms with Crippen molar-refractivity contribution in [2.75, 3.05) is 14.2 Å². The van der Waals surface area contributed by atoms with Crippen LogP contribution in [0.5, 0.6) is 11.5 Å². The molecule has 2 rings (SSSR count). The predicted molar refractivity (Wildman–Crippen MR) is 92.1 cm³/mol. The van der Waals surface area contributed by atoms with Crippen LogP contribution in [0.2, 0.25) is 0 Å². The van der Waals surface area contributed by atoms with Crippen LogP contribution in [0.25, 0.3) is 0 Å². The zero-order valence-corrected chi connectivity index (χ0v) is 13.8. The molecule has 0 spiro atoms. The number of carbonyl (C=O) groups is 1. The van der Waals surface area contributed by atoms with E-state index in [0.717, 1.165) is 5.56 Å². The van der Waals surface area contributed by atoms with Gasteiger partial charge in [-0.3, -0.25) is 14.9 Å². The Labute approximate surface area is 144 Å². The topological polar surface area (TPSA) is 103 Å². The zero-order valence-electron chi connectivity index (χ0n) is 13.8. The molecule has 8 heteroatoms. The molecule has 0 fully saturated rings. The van der Waals surface area contributed by atoms with Crippen LogP contribution in [0.1, 0.15) is 11.1 Å². The maximum atomic E-state index is 12.0. The fourth-order valence-electron chi connectivity index (χ4n) is 2.15. The maximum Gasteiger partial charge on any atom is 0.277 e. The van der Waals surface area contributed by atoms with Crippen molar-refractivity contribution in [3.8, 4) is 11.5 Å². The van der Waals surface area contributed by atoms with Crippen LogP contribution >= 0.6 is 0 Å². The number of carbonyl (C=O) groups excluding carboxylic acids is 1. The van der Waals surface area contributed by atoms with Gasteiger partial charge in [-0.25, -0.2) is 5.43 Å². The number of nitro groups is 1. The Balaban J connectivity index is 2.14. The van der Waals surface area contributed by atoms with Gasteiger partial charge in [0.15, 0.2) is 11.5 Å². The first kappa shape index (κ1) is 17.9. The molecule has 0 unspecified atom stereocenters. The molecule has 0 aromatic heterocycles. The summed E-state index contributed by atoms with van der Waals surface area (Å²) in [6.07, 6.45) is 1.27. The molecule has 1 amide bonds. The summed E-state index contributed by atoms with van der Waals surface area (Å²) in [5.74, 6) is 0.0478. The third kappa shape index (κ3) is 4.77. The quantitative estimate of drug-likeness (QED) is 0.472. The summed E-state index contributed by atoms with van der Waals surface area (Å²) in [6.45, 7) is 0. The van der Waals surface area contributed by atoms with Gasteiger partial charge in [-0.15, -0.1) is 0 Å². The Morgan fingerprint density at radius 3 is 2.44 bits per heavy atom. The molecule has 0 aliphatic heterocycles. The van der Waals surface area contributed by atoms with Crippen LogP contribution in [0.3, 0.4) is 0 Å². The third-order valence-electron chi connectivity index (χ3n) is 3.33. The number of hydrogen-bond donors (Lipinski definition) is 1. The molecule has 0 bridgehead atoms. The van der Waals surface area contributed by atoms with Gasteiger partial charge in [0, 0.05) is 5.56 Å². The highest BCUT2D eigenvalue weighted by atomic mass is 16.6. The summed E-state index contributed by atoms with van der Waals surface area (Å²) < 4.78 is 10.2. The van der Waals surface area contributed by atoms with E-state index in [1.54, 1.807) is 0 Å².